The fourth-order valence-electron chi connectivity index (χ4n) is 4.10. The molecule has 0 aromatic carbocycles. The molecule has 2 aliphatic heterocycles. The summed E-state index contributed by atoms with van der Waals surface area (Å²) in [5.41, 5.74) is 1.28. The van der Waals surface area contributed by atoms with Gasteiger partial charge in [-0.25, -0.2) is 4.98 Å². The molecule has 4 rings (SSSR count). The highest BCUT2D eigenvalue weighted by molar-refractivity contribution is 5.84. The Kier molecular flexibility index (Phi) is 6.27. The first-order valence-corrected chi connectivity index (χ1v) is 10.7. The van der Waals surface area contributed by atoms with E-state index in [1.807, 2.05) is 21.9 Å². The first kappa shape index (κ1) is 19.7. The minimum Gasteiger partial charge on any atom is -0.422 e. The molecule has 0 radical (unpaired) electrons. The highest BCUT2D eigenvalue weighted by Gasteiger charge is 2.23. The van der Waals surface area contributed by atoms with Crippen LogP contribution in [0.1, 0.15) is 44.9 Å². The number of fused-ring (bicyclic) bond motifs is 1. The standard InChI is InChI=1S/C21H29N5O3/c27-18(24-11-3-1-2-4-12-24)8-9-19(28)25-13-6-14-26(16-15-25)21-23-20-17(29-21)7-5-10-22-20/h5,7,10H,1-4,6,8-9,11-16H2. The van der Waals surface area contributed by atoms with Gasteiger partial charge in [0.2, 0.25) is 17.5 Å². The van der Waals surface area contributed by atoms with E-state index in [4.69, 9.17) is 4.42 Å². The topological polar surface area (TPSA) is 82.8 Å². The van der Waals surface area contributed by atoms with Crippen LogP contribution in [0.3, 0.4) is 0 Å². The molecule has 0 N–H and O–H groups in total. The molecule has 8 nitrogen and oxygen atoms in total. The third-order valence-electron chi connectivity index (χ3n) is 5.78. The van der Waals surface area contributed by atoms with Gasteiger partial charge in [-0.05, 0) is 31.4 Å². The summed E-state index contributed by atoms with van der Waals surface area (Å²) in [7, 11) is 0. The number of oxazole rings is 1. The van der Waals surface area contributed by atoms with Crippen LogP contribution in [0.25, 0.3) is 11.2 Å². The Bertz CT molecular complexity index is 811. The molecule has 2 aliphatic rings. The molecular formula is C21H29N5O3. The predicted molar refractivity (Wildman–Crippen MR) is 109 cm³/mol. The Morgan fingerprint density at radius 2 is 1.55 bits per heavy atom. The van der Waals surface area contributed by atoms with Gasteiger partial charge in [0.25, 0.3) is 6.01 Å². The molecule has 8 heteroatoms. The molecule has 4 heterocycles. The smallest absolute Gasteiger partial charge is 0.300 e. The second kappa shape index (κ2) is 9.24. The molecule has 0 unspecified atom stereocenters. The van der Waals surface area contributed by atoms with Gasteiger partial charge in [0.1, 0.15) is 0 Å². The minimum atomic E-state index is 0.0641. The molecule has 2 amide bonds. The molecule has 156 valence electrons. The van der Waals surface area contributed by atoms with E-state index >= 15 is 0 Å². The number of carbonyl (C=O) groups excluding carboxylic acids is 2. The van der Waals surface area contributed by atoms with Gasteiger partial charge in [0, 0.05) is 58.3 Å². The maximum absolute atomic E-state index is 12.7. The quantitative estimate of drug-likeness (QED) is 0.785. The van der Waals surface area contributed by atoms with Crippen LogP contribution in [0.5, 0.6) is 0 Å². The molecule has 0 spiro atoms. The van der Waals surface area contributed by atoms with Gasteiger partial charge >= 0.3 is 0 Å². The Labute approximate surface area is 170 Å². The van der Waals surface area contributed by atoms with E-state index in [-0.39, 0.29) is 11.8 Å². The van der Waals surface area contributed by atoms with Crippen LogP contribution in [0, 0.1) is 0 Å². The zero-order chi connectivity index (χ0) is 20.1. The second-order valence-corrected chi connectivity index (χ2v) is 7.84. The first-order chi connectivity index (χ1) is 14.2. The van der Waals surface area contributed by atoms with Gasteiger partial charge < -0.3 is 19.1 Å². The Morgan fingerprint density at radius 1 is 0.862 bits per heavy atom. The average molecular weight is 399 g/mol. The first-order valence-electron chi connectivity index (χ1n) is 10.7. The highest BCUT2D eigenvalue weighted by Crippen LogP contribution is 2.21. The number of pyridine rings is 1. The molecular weight excluding hydrogens is 370 g/mol. The summed E-state index contributed by atoms with van der Waals surface area (Å²) >= 11 is 0. The second-order valence-electron chi connectivity index (χ2n) is 7.84. The number of aromatic nitrogens is 2. The van der Waals surface area contributed by atoms with Crippen molar-refractivity contribution in [3.05, 3.63) is 18.3 Å². The number of likely N-dealkylation sites (tertiary alicyclic amines) is 1. The van der Waals surface area contributed by atoms with Crippen molar-refractivity contribution < 1.29 is 14.0 Å². The lowest BCUT2D eigenvalue weighted by molar-refractivity contribution is -0.136. The largest absolute Gasteiger partial charge is 0.422 e. The molecule has 0 bridgehead atoms. The van der Waals surface area contributed by atoms with Crippen LogP contribution in [0.2, 0.25) is 0 Å². The lowest BCUT2D eigenvalue weighted by atomic mass is 10.2. The van der Waals surface area contributed by atoms with Crippen LogP contribution in [0.15, 0.2) is 22.7 Å². The molecule has 0 saturated carbocycles. The van der Waals surface area contributed by atoms with Gasteiger partial charge in [-0.1, -0.05) is 12.8 Å². The number of anilines is 1. The fourth-order valence-corrected chi connectivity index (χ4v) is 4.10. The van der Waals surface area contributed by atoms with Crippen molar-refractivity contribution in [1.29, 1.82) is 0 Å². The van der Waals surface area contributed by atoms with Crippen LogP contribution < -0.4 is 4.90 Å². The fraction of sp³-hybridized carbons (Fsp3) is 0.619. The summed E-state index contributed by atoms with van der Waals surface area (Å²) in [4.78, 5) is 39.7. The zero-order valence-corrected chi connectivity index (χ0v) is 16.9. The molecule has 2 saturated heterocycles. The van der Waals surface area contributed by atoms with Crippen molar-refractivity contribution in [3.8, 4) is 0 Å². The lowest BCUT2D eigenvalue weighted by Crippen LogP contribution is -2.37. The third kappa shape index (κ3) is 4.86. The summed E-state index contributed by atoms with van der Waals surface area (Å²) in [6, 6.07) is 4.24. The maximum Gasteiger partial charge on any atom is 0.300 e. The van der Waals surface area contributed by atoms with Crippen molar-refractivity contribution in [2.24, 2.45) is 0 Å². The van der Waals surface area contributed by atoms with Crippen LogP contribution in [0.4, 0.5) is 6.01 Å². The molecule has 2 aromatic rings. The lowest BCUT2D eigenvalue weighted by Gasteiger charge is -2.23. The summed E-state index contributed by atoms with van der Waals surface area (Å²) in [5, 5.41) is 0. The van der Waals surface area contributed by atoms with Crippen molar-refractivity contribution >= 4 is 29.1 Å². The molecule has 0 aliphatic carbocycles. The SMILES string of the molecule is O=C(CCC(=O)N1CCCN(c2nc3ncccc3o2)CC1)N1CCCCCC1. The molecule has 0 atom stereocenters. The normalized spacial score (nSPS) is 18.6. The number of carbonyl (C=O) groups is 2. The summed E-state index contributed by atoms with van der Waals surface area (Å²) in [5.74, 6) is 0.185. The molecule has 29 heavy (non-hydrogen) atoms. The average Bonchev–Trinajstić information content (AvgIpc) is 2.92. The Morgan fingerprint density at radius 3 is 2.28 bits per heavy atom. The number of rotatable bonds is 4. The number of amides is 2. The van der Waals surface area contributed by atoms with Gasteiger partial charge in [-0.3, -0.25) is 9.59 Å². The summed E-state index contributed by atoms with van der Waals surface area (Å²) in [6.45, 7) is 4.44. The van der Waals surface area contributed by atoms with Crippen LogP contribution in [-0.4, -0.2) is 70.9 Å². The summed E-state index contributed by atoms with van der Waals surface area (Å²) in [6.07, 6.45) is 7.70. The number of nitrogens with zero attached hydrogens (tertiary/aromatic N) is 5. The molecule has 2 aromatic heterocycles. The van der Waals surface area contributed by atoms with Crippen molar-refractivity contribution in [1.82, 2.24) is 19.8 Å². The molecule has 2 fully saturated rings. The van der Waals surface area contributed by atoms with E-state index in [0.29, 0.717) is 49.7 Å². The van der Waals surface area contributed by atoms with Gasteiger partial charge in [-0.15, -0.1) is 0 Å². The van der Waals surface area contributed by atoms with E-state index < -0.39 is 0 Å². The number of hydrogen-bond acceptors (Lipinski definition) is 6. The minimum absolute atomic E-state index is 0.0641. The Hall–Kier alpha value is -2.64. The van der Waals surface area contributed by atoms with E-state index in [2.05, 4.69) is 14.9 Å². The monoisotopic (exact) mass is 399 g/mol. The van der Waals surface area contributed by atoms with E-state index in [9.17, 15) is 9.59 Å². The van der Waals surface area contributed by atoms with Crippen molar-refractivity contribution in [3.63, 3.8) is 0 Å². The van der Waals surface area contributed by atoms with E-state index in [0.717, 1.165) is 38.9 Å². The van der Waals surface area contributed by atoms with Gasteiger partial charge in [-0.2, -0.15) is 4.98 Å². The van der Waals surface area contributed by atoms with E-state index in [1.165, 1.54) is 12.8 Å². The Balaban J connectivity index is 1.28. The summed E-state index contributed by atoms with van der Waals surface area (Å²) < 4.78 is 5.81. The van der Waals surface area contributed by atoms with Gasteiger partial charge in [0.15, 0.2) is 5.58 Å². The third-order valence-corrected chi connectivity index (χ3v) is 5.78. The maximum atomic E-state index is 12.7. The zero-order valence-electron chi connectivity index (χ0n) is 16.9. The van der Waals surface area contributed by atoms with Crippen LogP contribution >= 0.6 is 0 Å². The predicted octanol–water partition coefficient (Wildman–Crippen LogP) is 2.44. The van der Waals surface area contributed by atoms with Crippen LogP contribution in [-0.2, 0) is 9.59 Å². The number of hydrogen-bond donors (Lipinski definition) is 0. The highest BCUT2D eigenvalue weighted by atomic mass is 16.4. The van der Waals surface area contributed by atoms with E-state index in [1.54, 1.807) is 6.20 Å². The van der Waals surface area contributed by atoms with Crippen molar-refractivity contribution in [2.45, 2.75) is 44.9 Å². The van der Waals surface area contributed by atoms with Gasteiger partial charge in [0.05, 0.1) is 0 Å². The van der Waals surface area contributed by atoms with Crippen molar-refractivity contribution in [2.75, 3.05) is 44.2 Å².